The van der Waals surface area contributed by atoms with Crippen LogP contribution in [0.2, 0.25) is 0 Å². The first-order valence-corrected chi connectivity index (χ1v) is 9.81. The summed E-state index contributed by atoms with van der Waals surface area (Å²) in [6, 6.07) is 14.5. The van der Waals surface area contributed by atoms with Crippen LogP contribution in [0.5, 0.6) is 0 Å². The first kappa shape index (κ1) is 19.6. The molecule has 0 aliphatic carbocycles. The van der Waals surface area contributed by atoms with Gasteiger partial charge in [-0.3, -0.25) is 9.59 Å². The number of nitrogens with zero attached hydrogens (tertiary/aromatic N) is 2. The summed E-state index contributed by atoms with van der Waals surface area (Å²) in [5.74, 6) is 1.42. The number of aromatic nitrogens is 2. The Balaban J connectivity index is 1.58. The van der Waals surface area contributed by atoms with Gasteiger partial charge in [-0.2, -0.15) is 4.98 Å². The number of rotatable bonds is 7. The van der Waals surface area contributed by atoms with Gasteiger partial charge in [0.15, 0.2) is 5.82 Å². The van der Waals surface area contributed by atoms with Crippen LogP contribution in [0.15, 0.2) is 53.1 Å². The molecule has 0 aliphatic heterocycles. The Morgan fingerprint density at radius 1 is 1.04 bits per heavy atom. The van der Waals surface area contributed by atoms with Crippen molar-refractivity contribution < 1.29 is 14.1 Å². The minimum atomic E-state index is -0.221. The Bertz CT molecular complexity index is 973. The van der Waals surface area contributed by atoms with Crippen LogP contribution in [0.3, 0.4) is 0 Å². The van der Waals surface area contributed by atoms with Crippen LogP contribution in [-0.2, 0) is 10.5 Å². The number of hydrogen-bond acceptors (Lipinski definition) is 6. The Hall–Kier alpha value is -3.13. The number of benzene rings is 2. The van der Waals surface area contributed by atoms with Gasteiger partial charge in [-0.15, -0.1) is 11.8 Å². The van der Waals surface area contributed by atoms with Crippen molar-refractivity contribution >= 4 is 35.0 Å². The van der Waals surface area contributed by atoms with E-state index in [0.29, 0.717) is 34.3 Å². The Morgan fingerprint density at radius 3 is 2.54 bits per heavy atom. The number of anilines is 2. The molecule has 2 amide bonds. The summed E-state index contributed by atoms with van der Waals surface area (Å²) in [6.45, 7) is 3.53. The van der Waals surface area contributed by atoms with Crippen LogP contribution < -0.4 is 10.6 Å². The van der Waals surface area contributed by atoms with Gasteiger partial charge in [-0.25, -0.2) is 0 Å². The molecule has 0 bridgehead atoms. The Morgan fingerprint density at radius 2 is 1.82 bits per heavy atom. The monoisotopic (exact) mass is 396 g/mol. The molecule has 0 radical (unpaired) electrons. The zero-order chi connectivity index (χ0) is 19.9. The normalized spacial score (nSPS) is 10.5. The molecule has 7 nitrogen and oxygen atoms in total. The first-order valence-electron chi connectivity index (χ1n) is 8.65. The number of thioether (sulfide) groups is 1. The topological polar surface area (TPSA) is 97.1 Å². The summed E-state index contributed by atoms with van der Waals surface area (Å²) in [5, 5.41) is 9.51. The molecular weight excluding hydrogens is 376 g/mol. The summed E-state index contributed by atoms with van der Waals surface area (Å²) < 4.78 is 4.90. The summed E-state index contributed by atoms with van der Waals surface area (Å²) in [5.41, 5.74) is 2.55. The fraction of sp³-hybridized carbons (Fsp3) is 0.200. The van der Waals surface area contributed by atoms with Gasteiger partial charge in [0.2, 0.25) is 11.8 Å². The van der Waals surface area contributed by atoms with Crippen molar-refractivity contribution in [2.24, 2.45) is 0 Å². The smallest absolute Gasteiger partial charge is 0.256 e. The fourth-order valence-electron chi connectivity index (χ4n) is 2.56. The molecule has 1 heterocycles. The van der Waals surface area contributed by atoms with E-state index in [1.165, 1.54) is 11.8 Å². The second-order valence-corrected chi connectivity index (χ2v) is 7.05. The van der Waals surface area contributed by atoms with Crippen molar-refractivity contribution in [2.45, 2.75) is 19.6 Å². The van der Waals surface area contributed by atoms with E-state index >= 15 is 0 Å². The lowest BCUT2D eigenvalue weighted by Crippen LogP contribution is -2.18. The van der Waals surface area contributed by atoms with Gasteiger partial charge >= 0.3 is 0 Å². The van der Waals surface area contributed by atoms with E-state index in [-0.39, 0.29) is 17.6 Å². The molecule has 3 aromatic rings. The fourth-order valence-corrected chi connectivity index (χ4v) is 3.22. The maximum absolute atomic E-state index is 12.6. The predicted molar refractivity (Wildman–Crippen MR) is 109 cm³/mol. The van der Waals surface area contributed by atoms with E-state index in [9.17, 15) is 9.59 Å². The Labute approximate surface area is 166 Å². The van der Waals surface area contributed by atoms with Gasteiger partial charge < -0.3 is 15.2 Å². The van der Waals surface area contributed by atoms with Crippen LogP contribution in [0, 0.1) is 13.8 Å². The molecule has 2 N–H and O–H groups in total. The number of para-hydroxylation sites is 1. The van der Waals surface area contributed by atoms with Gasteiger partial charge in [0.1, 0.15) is 0 Å². The number of amides is 2. The molecule has 28 heavy (non-hydrogen) atoms. The molecule has 0 fully saturated rings. The molecule has 0 unspecified atom stereocenters. The summed E-state index contributed by atoms with van der Waals surface area (Å²) in [6.07, 6.45) is 0. The third-order valence-corrected chi connectivity index (χ3v) is 4.85. The minimum Gasteiger partial charge on any atom is -0.340 e. The lowest BCUT2D eigenvalue weighted by atomic mass is 10.1. The second kappa shape index (κ2) is 9.18. The highest BCUT2D eigenvalue weighted by Crippen LogP contribution is 2.21. The van der Waals surface area contributed by atoms with E-state index in [1.54, 1.807) is 25.1 Å². The predicted octanol–water partition coefficient (Wildman–Crippen LogP) is 3.81. The van der Waals surface area contributed by atoms with Gasteiger partial charge in [-0.05, 0) is 36.8 Å². The van der Waals surface area contributed by atoms with Crippen LogP contribution in [0.25, 0.3) is 0 Å². The van der Waals surface area contributed by atoms with Gasteiger partial charge in [0, 0.05) is 23.9 Å². The molecule has 144 valence electrons. The summed E-state index contributed by atoms with van der Waals surface area (Å²) in [7, 11) is 0. The molecule has 0 saturated carbocycles. The molecule has 3 rings (SSSR count). The molecule has 1 aromatic heterocycles. The van der Waals surface area contributed by atoms with E-state index in [2.05, 4.69) is 20.8 Å². The lowest BCUT2D eigenvalue weighted by Gasteiger charge is -2.12. The van der Waals surface area contributed by atoms with E-state index in [0.717, 1.165) is 5.69 Å². The molecule has 0 saturated heterocycles. The third-order valence-electron chi connectivity index (χ3n) is 3.92. The van der Waals surface area contributed by atoms with Gasteiger partial charge in [-0.1, -0.05) is 29.4 Å². The van der Waals surface area contributed by atoms with Crippen LogP contribution >= 0.6 is 11.8 Å². The highest BCUT2D eigenvalue weighted by molar-refractivity contribution is 7.99. The zero-order valence-electron chi connectivity index (χ0n) is 15.6. The number of carbonyl (C=O) groups excluding carboxylic acids is 2. The van der Waals surface area contributed by atoms with Crippen molar-refractivity contribution in [3.8, 4) is 0 Å². The minimum absolute atomic E-state index is 0.158. The number of hydrogen-bond donors (Lipinski definition) is 2. The highest BCUT2D eigenvalue weighted by atomic mass is 32.2. The number of aryl methyl sites for hydroxylation is 1. The zero-order valence-corrected chi connectivity index (χ0v) is 16.4. The highest BCUT2D eigenvalue weighted by Gasteiger charge is 2.14. The number of carbonyl (C=O) groups is 2. The maximum Gasteiger partial charge on any atom is 0.256 e. The quantitative estimate of drug-likeness (QED) is 0.630. The van der Waals surface area contributed by atoms with E-state index in [1.807, 2.05) is 37.3 Å². The number of nitrogens with one attached hydrogen (secondary N) is 2. The first-order chi connectivity index (χ1) is 13.5. The molecule has 0 spiro atoms. The lowest BCUT2D eigenvalue weighted by molar-refractivity contribution is -0.113. The molecule has 2 aromatic carbocycles. The van der Waals surface area contributed by atoms with Gasteiger partial charge in [0.25, 0.3) is 5.91 Å². The van der Waals surface area contributed by atoms with Crippen LogP contribution in [0.4, 0.5) is 11.4 Å². The Kier molecular flexibility index (Phi) is 6.44. The van der Waals surface area contributed by atoms with Crippen molar-refractivity contribution in [3.05, 3.63) is 71.4 Å². The average Bonchev–Trinajstić information content (AvgIpc) is 3.09. The second-order valence-electron chi connectivity index (χ2n) is 6.07. The maximum atomic E-state index is 12.6. The SMILES string of the molecule is Cc1nc(CSCC(=O)Nc2cccc(C(=O)Nc3ccccc3)c2C)no1. The van der Waals surface area contributed by atoms with E-state index in [4.69, 9.17) is 4.52 Å². The van der Waals surface area contributed by atoms with Crippen molar-refractivity contribution in [2.75, 3.05) is 16.4 Å². The largest absolute Gasteiger partial charge is 0.340 e. The van der Waals surface area contributed by atoms with Crippen LogP contribution in [0.1, 0.15) is 27.6 Å². The average molecular weight is 396 g/mol. The molecular formula is C20H20N4O3S. The third kappa shape index (κ3) is 5.20. The molecule has 0 aliphatic rings. The van der Waals surface area contributed by atoms with Crippen molar-refractivity contribution in [1.82, 2.24) is 10.1 Å². The van der Waals surface area contributed by atoms with Crippen molar-refractivity contribution in [3.63, 3.8) is 0 Å². The standard InChI is InChI=1S/C20H20N4O3S/c1-13-16(20(26)22-15-7-4-3-5-8-15)9-6-10-17(13)23-19(25)12-28-11-18-21-14(2)27-24-18/h3-10H,11-12H2,1-2H3,(H,22,26)(H,23,25). The molecule has 0 atom stereocenters. The van der Waals surface area contributed by atoms with Gasteiger partial charge in [0.05, 0.1) is 11.5 Å². The summed E-state index contributed by atoms with van der Waals surface area (Å²) >= 11 is 1.39. The summed E-state index contributed by atoms with van der Waals surface area (Å²) in [4.78, 5) is 28.9. The van der Waals surface area contributed by atoms with Crippen LogP contribution in [-0.4, -0.2) is 27.7 Å². The van der Waals surface area contributed by atoms with E-state index < -0.39 is 0 Å². The van der Waals surface area contributed by atoms with Crippen molar-refractivity contribution in [1.29, 1.82) is 0 Å². The molecule has 8 heteroatoms.